The summed E-state index contributed by atoms with van der Waals surface area (Å²) in [4.78, 5) is 4.66. The molecule has 4 nitrogen and oxygen atoms in total. The first-order valence-electron chi connectivity index (χ1n) is 21.2. The second-order valence-electron chi connectivity index (χ2n) is 16.2. The number of anilines is 6. The van der Waals surface area contributed by atoms with E-state index in [2.05, 4.69) is 230 Å². The zero-order valence-electron chi connectivity index (χ0n) is 34.3. The van der Waals surface area contributed by atoms with Crippen molar-refractivity contribution in [2.75, 3.05) is 9.80 Å². The molecule has 294 valence electrons. The highest BCUT2D eigenvalue weighted by molar-refractivity contribution is 6.24. The van der Waals surface area contributed by atoms with Crippen molar-refractivity contribution in [3.8, 4) is 11.1 Å². The third-order valence-corrected chi connectivity index (χ3v) is 12.4. The minimum Gasteiger partial charge on any atom is -0.455 e. The Morgan fingerprint density at radius 2 is 0.742 bits per heavy atom. The molecule has 0 aliphatic carbocycles. The number of para-hydroxylation sites is 4. The van der Waals surface area contributed by atoms with Crippen LogP contribution in [0.1, 0.15) is 11.1 Å². The van der Waals surface area contributed by atoms with Crippen molar-refractivity contribution in [1.82, 2.24) is 0 Å². The molecule has 0 aliphatic rings. The molecule has 4 heteroatoms. The molecule has 10 aromatic carbocycles. The molecule has 0 saturated carbocycles. The zero-order valence-corrected chi connectivity index (χ0v) is 34.3. The minimum atomic E-state index is 0.822. The second kappa shape index (κ2) is 14.3. The summed E-state index contributed by atoms with van der Waals surface area (Å²) in [5.74, 6) is 0. The highest BCUT2D eigenvalue weighted by atomic mass is 16.3. The molecule has 0 N–H and O–H groups in total. The molecular weight excluding hydrogens is 757 g/mol. The Hall–Kier alpha value is -8.08. The Bertz CT molecular complexity index is 3440. The van der Waals surface area contributed by atoms with Crippen LogP contribution in [0.15, 0.2) is 215 Å². The predicted molar refractivity (Wildman–Crippen MR) is 260 cm³/mol. The summed E-state index contributed by atoms with van der Waals surface area (Å²) < 4.78 is 13.9. The van der Waals surface area contributed by atoms with Gasteiger partial charge in [-0.25, -0.2) is 0 Å². The first kappa shape index (κ1) is 35.8. The quantitative estimate of drug-likeness (QED) is 0.161. The van der Waals surface area contributed by atoms with E-state index in [1.165, 1.54) is 11.1 Å². The maximum atomic E-state index is 6.97. The molecule has 0 radical (unpaired) electrons. The van der Waals surface area contributed by atoms with Crippen LogP contribution in [0.25, 0.3) is 76.5 Å². The Balaban J connectivity index is 1.04. The predicted octanol–water partition coefficient (Wildman–Crippen LogP) is 17.0. The maximum absolute atomic E-state index is 6.97. The SMILES string of the molecule is Cc1ccccc1N(c1ccccc1)c1ccc2cc3c(cc2c1)oc1c(-c2ccccc2)c2oc4cc5cc(N(c6ccccc6)c6ccccc6C)ccc5cc4c2cc13. The third kappa shape index (κ3) is 5.83. The number of fused-ring (bicyclic) bond motifs is 8. The van der Waals surface area contributed by atoms with Gasteiger partial charge < -0.3 is 18.6 Å². The molecule has 0 spiro atoms. The molecule has 0 amide bonds. The first-order chi connectivity index (χ1) is 30.6. The smallest absolute Gasteiger partial charge is 0.147 e. The Morgan fingerprint density at radius 3 is 1.19 bits per heavy atom. The average Bonchev–Trinajstić information content (AvgIpc) is 3.85. The number of nitrogens with zero attached hydrogens (tertiary/aromatic N) is 2. The monoisotopic (exact) mass is 796 g/mol. The van der Waals surface area contributed by atoms with E-state index in [1.807, 2.05) is 0 Å². The summed E-state index contributed by atoms with van der Waals surface area (Å²) in [5.41, 5.74) is 14.4. The van der Waals surface area contributed by atoms with Gasteiger partial charge in [0.2, 0.25) is 0 Å². The molecule has 0 aliphatic heterocycles. The number of rotatable bonds is 7. The van der Waals surface area contributed by atoms with Crippen LogP contribution in [0.5, 0.6) is 0 Å². The zero-order chi connectivity index (χ0) is 41.3. The standard InChI is InChI=1S/C58H40N2O2/c1-37-16-12-14-24-52(37)59(44-20-8-4-9-21-44)46-28-26-40-32-48-50-36-51-49-33-41-27-29-47(60(45-22-10-5-11-23-45)53-25-15-13-17-38(53)2)31-43(41)35-55(49)62-58(51)56(39-18-6-3-7-19-39)57(50)61-54(48)34-42(40)30-46/h3-36H,1-2H3. The van der Waals surface area contributed by atoms with Gasteiger partial charge in [-0.05, 0) is 143 Å². The molecule has 12 aromatic rings. The van der Waals surface area contributed by atoms with Crippen LogP contribution in [0.4, 0.5) is 34.1 Å². The molecule has 0 bridgehead atoms. The van der Waals surface area contributed by atoms with E-state index in [1.54, 1.807) is 0 Å². The van der Waals surface area contributed by atoms with Gasteiger partial charge in [0.15, 0.2) is 0 Å². The number of hydrogen-bond acceptors (Lipinski definition) is 4. The largest absolute Gasteiger partial charge is 0.455 e. The van der Waals surface area contributed by atoms with Gasteiger partial charge in [-0.3, -0.25) is 0 Å². The van der Waals surface area contributed by atoms with Crippen LogP contribution in [0.3, 0.4) is 0 Å². The lowest BCUT2D eigenvalue weighted by Gasteiger charge is -2.27. The van der Waals surface area contributed by atoms with E-state index in [4.69, 9.17) is 8.83 Å². The summed E-state index contributed by atoms with van der Waals surface area (Å²) >= 11 is 0. The molecule has 12 rings (SSSR count). The Labute approximate surface area is 359 Å². The van der Waals surface area contributed by atoms with Crippen molar-refractivity contribution >= 4 is 99.5 Å². The molecule has 2 heterocycles. The molecule has 0 saturated heterocycles. The van der Waals surface area contributed by atoms with E-state index < -0.39 is 0 Å². The summed E-state index contributed by atoms with van der Waals surface area (Å²) in [6.07, 6.45) is 0. The molecule has 62 heavy (non-hydrogen) atoms. The van der Waals surface area contributed by atoms with Gasteiger partial charge in [-0.15, -0.1) is 0 Å². The van der Waals surface area contributed by atoms with Gasteiger partial charge in [0.05, 0.1) is 5.56 Å². The van der Waals surface area contributed by atoms with E-state index >= 15 is 0 Å². The molecule has 0 atom stereocenters. The summed E-state index contributed by atoms with van der Waals surface area (Å²) in [7, 11) is 0. The number of hydrogen-bond donors (Lipinski definition) is 0. The van der Waals surface area contributed by atoms with E-state index in [9.17, 15) is 0 Å². The fourth-order valence-electron chi connectivity index (χ4n) is 9.38. The summed E-state index contributed by atoms with van der Waals surface area (Å²) in [5, 5.41) is 8.81. The number of furan rings is 2. The van der Waals surface area contributed by atoms with Crippen LogP contribution in [-0.2, 0) is 0 Å². The lowest BCUT2D eigenvalue weighted by Crippen LogP contribution is -2.11. The maximum Gasteiger partial charge on any atom is 0.147 e. The van der Waals surface area contributed by atoms with Crippen LogP contribution >= 0.6 is 0 Å². The van der Waals surface area contributed by atoms with Crippen LogP contribution in [0.2, 0.25) is 0 Å². The molecule has 0 unspecified atom stereocenters. The molecule has 0 fully saturated rings. The lowest BCUT2D eigenvalue weighted by atomic mass is 9.97. The lowest BCUT2D eigenvalue weighted by molar-refractivity contribution is 0.658. The average molecular weight is 797 g/mol. The van der Waals surface area contributed by atoms with Gasteiger partial charge in [0, 0.05) is 55.7 Å². The van der Waals surface area contributed by atoms with Crippen molar-refractivity contribution in [3.63, 3.8) is 0 Å². The van der Waals surface area contributed by atoms with Gasteiger partial charge in [-0.1, -0.05) is 115 Å². The van der Waals surface area contributed by atoms with Crippen molar-refractivity contribution < 1.29 is 8.83 Å². The normalized spacial score (nSPS) is 11.7. The van der Waals surface area contributed by atoms with Crippen LogP contribution < -0.4 is 9.80 Å². The number of benzene rings is 10. The second-order valence-corrected chi connectivity index (χ2v) is 16.2. The van der Waals surface area contributed by atoms with Gasteiger partial charge in [-0.2, -0.15) is 0 Å². The van der Waals surface area contributed by atoms with Crippen LogP contribution in [0, 0.1) is 13.8 Å². The fraction of sp³-hybridized carbons (Fsp3) is 0.0345. The minimum absolute atomic E-state index is 0.822. The van der Waals surface area contributed by atoms with Crippen molar-refractivity contribution in [2.45, 2.75) is 13.8 Å². The summed E-state index contributed by atoms with van der Waals surface area (Å²) in [6.45, 7) is 4.33. The molecular formula is C58H40N2O2. The first-order valence-corrected chi connectivity index (χ1v) is 21.2. The van der Waals surface area contributed by atoms with Crippen molar-refractivity contribution in [2.24, 2.45) is 0 Å². The van der Waals surface area contributed by atoms with Gasteiger partial charge in [0.1, 0.15) is 22.3 Å². The number of aryl methyl sites for hydroxylation is 2. The summed E-state index contributed by atoms with van der Waals surface area (Å²) in [6, 6.07) is 73.5. The molecule has 2 aromatic heterocycles. The van der Waals surface area contributed by atoms with Gasteiger partial charge >= 0.3 is 0 Å². The fourth-order valence-corrected chi connectivity index (χ4v) is 9.38. The van der Waals surface area contributed by atoms with E-state index in [0.717, 1.165) is 111 Å². The van der Waals surface area contributed by atoms with E-state index in [0.29, 0.717) is 0 Å². The van der Waals surface area contributed by atoms with Crippen molar-refractivity contribution in [3.05, 3.63) is 217 Å². The Morgan fingerprint density at radius 1 is 0.323 bits per heavy atom. The van der Waals surface area contributed by atoms with Gasteiger partial charge in [0.25, 0.3) is 0 Å². The van der Waals surface area contributed by atoms with Crippen molar-refractivity contribution in [1.29, 1.82) is 0 Å². The Kier molecular flexibility index (Phi) is 8.26. The highest BCUT2D eigenvalue weighted by Crippen LogP contribution is 2.47. The van der Waals surface area contributed by atoms with Crippen LogP contribution in [-0.4, -0.2) is 0 Å². The van der Waals surface area contributed by atoms with E-state index in [-0.39, 0.29) is 0 Å². The highest BCUT2D eigenvalue weighted by Gasteiger charge is 2.23. The topological polar surface area (TPSA) is 32.8 Å². The third-order valence-electron chi connectivity index (χ3n) is 12.4.